The van der Waals surface area contributed by atoms with Gasteiger partial charge < -0.3 is 19.5 Å². The van der Waals surface area contributed by atoms with Gasteiger partial charge in [0.1, 0.15) is 0 Å². The first-order valence-electron chi connectivity index (χ1n) is 6.99. The van der Waals surface area contributed by atoms with Crippen molar-refractivity contribution >= 4 is 5.69 Å². The minimum absolute atomic E-state index is 0.482. The highest BCUT2D eigenvalue weighted by Crippen LogP contribution is 2.40. The molecule has 1 aromatic rings. The van der Waals surface area contributed by atoms with Crippen molar-refractivity contribution < 1.29 is 14.2 Å². The quantitative estimate of drug-likeness (QED) is 0.889. The average Bonchev–Trinajstić information content (AvgIpc) is 2.52. The molecule has 2 heterocycles. The first-order valence-corrected chi connectivity index (χ1v) is 6.99. The van der Waals surface area contributed by atoms with Crippen molar-refractivity contribution in [1.29, 1.82) is 0 Å². The second-order valence-corrected chi connectivity index (χ2v) is 5.65. The van der Waals surface area contributed by atoms with Crippen molar-refractivity contribution in [3.8, 4) is 11.5 Å². The molecule has 1 atom stereocenters. The molecule has 4 heteroatoms. The lowest BCUT2D eigenvalue weighted by atomic mass is 10.1. The zero-order valence-corrected chi connectivity index (χ0v) is 11.6. The third-order valence-corrected chi connectivity index (χ3v) is 3.48. The molecule has 0 aliphatic carbocycles. The molecule has 1 unspecified atom stereocenters. The molecule has 4 nitrogen and oxygen atoms in total. The maximum Gasteiger partial charge on any atom is 0.246 e. The molecule has 0 aromatic heterocycles. The highest BCUT2D eigenvalue weighted by atomic mass is 16.7. The molecule has 2 aliphatic heterocycles. The molecule has 0 amide bonds. The molecule has 1 fully saturated rings. The third-order valence-electron chi connectivity index (χ3n) is 3.48. The Hall–Kier alpha value is -1.42. The van der Waals surface area contributed by atoms with Crippen molar-refractivity contribution in [3.05, 3.63) is 18.2 Å². The Labute approximate surface area is 114 Å². The van der Waals surface area contributed by atoms with Crippen LogP contribution in [0.2, 0.25) is 0 Å². The maximum atomic E-state index is 5.76. The van der Waals surface area contributed by atoms with Crippen LogP contribution in [0, 0.1) is 0 Å². The minimum Gasteiger partial charge on any atom is -0.449 e. The predicted octanol–water partition coefficient (Wildman–Crippen LogP) is 3.17. The fourth-order valence-corrected chi connectivity index (χ4v) is 2.60. The SMILES string of the molecule is CC1(C)Oc2ccc(NC3CCCOCC3)cc2O1. The molecule has 2 aliphatic rings. The molecule has 0 saturated carbocycles. The van der Waals surface area contributed by atoms with E-state index in [4.69, 9.17) is 14.2 Å². The monoisotopic (exact) mass is 263 g/mol. The van der Waals surface area contributed by atoms with Crippen LogP contribution >= 0.6 is 0 Å². The smallest absolute Gasteiger partial charge is 0.246 e. The van der Waals surface area contributed by atoms with E-state index in [2.05, 4.69) is 11.4 Å². The highest BCUT2D eigenvalue weighted by molar-refractivity contribution is 5.56. The van der Waals surface area contributed by atoms with Crippen molar-refractivity contribution in [2.45, 2.75) is 44.9 Å². The van der Waals surface area contributed by atoms with Gasteiger partial charge >= 0.3 is 0 Å². The normalized spacial score (nSPS) is 24.8. The van der Waals surface area contributed by atoms with Crippen LogP contribution in [0.15, 0.2) is 18.2 Å². The Morgan fingerprint density at radius 3 is 2.84 bits per heavy atom. The van der Waals surface area contributed by atoms with Crippen molar-refractivity contribution in [3.63, 3.8) is 0 Å². The van der Waals surface area contributed by atoms with Gasteiger partial charge in [-0.1, -0.05) is 0 Å². The second kappa shape index (κ2) is 4.93. The molecular weight excluding hydrogens is 242 g/mol. The van der Waals surface area contributed by atoms with E-state index >= 15 is 0 Å². The van der Waals surface area contributed by atoms with E-state index in [1.165, 1.54) is 0 Å². The Kier molecular flexibility index (Phi) is 3.27. The van der Waals surface area contributed by atoms with Gasteiger partial charge in [0, 0.05) is 44.9 Å². The van der Waals surface area contributed by atoms with Crippen LogP contribution in [-0.2, 0) is 4.74 Å². The number of ether oxygens (including phenoxy) is 3. The Balaban J connectivity index is 1.69. The Morgan fingerprint density at radius 1 is 1.11 bits per heavy atom. The first kappa shape index (κ1) is 12.6. The van der Waals surface area contributed by atoms with Crippen LogP contribution in [0.25, 0.3) is 0 Å². The number of hydrogen-bond donors (Lipinski definition) is 1. The molecular formula is C15H21NO3. The van der Waals surface area contributed by atoms with Crippen molar-refractivity contribution in [1.82, 2.24) is 0 Å². The summed E-state index contributed by atoms with van der Waals surface area (Å²) in [6, 6.07) is 6.53. The van der Waals surface area contributed by atoms with Crippen LogP contribution in [0.5, 0.6) is 11.5 Å². The zero-order valence-electron chi connectivity index (χ0n) is 11.6. The number of benzene rings is 1. The van der Waals surface area contributed by atoms with Gasteiger partial charge in [-0.15, -0.1) is 0 Å². The lowest BCUT2D eigenvalue weighted by Crippen LogP contribution is -2.29. The summed E-state index contributed by atoms with van der Waals surface area (Å²) in [5, 5.41) is 3.56. The van der Waals surface area contributed by atoms with Gasteiger partial charge in [0.05, 0.1) is 0 Å². The van der Waals surface area contributed by atoms with Gasteiger partial charge in [-0.05, 0) is 31.4 Å². The summed E-state index contributed by atoms with van der Waals surface area (Å²) in [5.74, 6) is 1.08. The van der Waals surface area contributed by atoms with Gasteiger partial charge in [-0.25, -0.2) is 0 Å². The molecule has 3 rings (SSSR count). The summed E-state index contributed by atoms with van der Waals surface area (Å²) in [6.45, 7) is 5.56. The summed E-state index contributed by atoms with van der Waals surface area (Å²) in [4.78, 5) is 0. The standard InChI is InChI=1S/C15H21NO3/c1-15(2)18-13-6-5-12(10-14(13)19-15)16-11-4-3-8-17-9-7-11/h5-6,10-11,16H,3-4,7-9H2,1-2H3. The third kappa shape index (κ3) is 2.95. The van der Waals surface area contributed by atoms with Gasteiger partial charge in [-0.3, -0.25) is 0 Å². The predicted molar refractivity (Wildman–Crippen MR) is 73.9 cm³/mol. The summed E-state index contributed by atoms with van der Waals surface area (Å²) < 4.78 is 16.9. The number of anilines is 1. The molecule has 0 spiro atoms. The zero-order chi connectivity index (χ0) is 13.3. The van der Waals surface area contributed by atoms with E-state index in [9.17, 15) is 0 Å². The highest BCUT2D eigenvalue weighted by Gasteiger charge is 2.31. The number of fused-ring (bicyclic) bond motifs is 1. The second-order valence-electron chi connectivity index (χ2n) is 5.65. The van der Waals surface area contributed by atoms with Gasteiger partial charge in [0.2, 0.25) is 5.79 Å². The summed E-state index contributed by atoms with van der Waals surface area (Å²) >= 11 is 0. The van der Waals surface area contributed by atoms with Gasteiger partial charge in [-0.2, -0.15) is 0 Å². The molecule has 104 valence electrons. The molecule has 0 bridgehead atoms. The largest absolute Gasteiger partial charge is 0.449 e. The van der Waals surface area contributed by atoms with Crippen molar-refractivity contribution in [2.75, 3.05) is 18.5 Å². The van der Waals surface area contributed by atoms with E-state index < -0.39 is 5.79 Å². The van der Waals surface area contributed by atoms with E-state index in [0.717, 1.165) is 49.7 Å². The number of hydrogen-bond acceptors (Lipinski definition) is 4. The van der Waals surface area contributed by atoms with Crippen LogP contribution in [0.3, 0.4) is 0 Å². The number of nitrogens with one attached hydrogen (secondary N) is 1. The average molecular weight is 263 g/mol. The lowest BCUT2D eigenvalue weighted by Gasteiger charge is -2.17. The van der Waals surface area contributed by atoms with E-state index in [-0.39, 0.29) is 0 Å². The lowest BCUT2D eigenvalue weighted by molar-refractivity contribution is -0.0431. The molecule has 19 heavy (non-hydrogen) atoms. The van der Waals surface area contributed by atoms with E-state index in [0.29, 0.717) is 6.04 Å². The van der Waals surface area contributed by atoms with Gasteiger partial charge in [0.15, 0.2) is 11.5 Å². The fourth-order valence-electron chi connectivity index (χ4n) is 2.60. The first-order chi connectivity index (χ1) is 9.12. The van der Waals surface area contributed by atoms with Crippen LogP contribution in [0.1, 0.15) is 33.1 Å². The van der Waals surface area contributed by atoms with Crippen LogP contribution in [-0.4, -0.2) is 25.0 Å². The Morgan fingerprint density at radius 2 is 1.95 bits per heavy atom. The maximum absolute atomic E-state index is 5.76. The summed E-state index contributed by atoms with van der Waals surface area (Å²) in [7, 11) is 0. The summed E-state index contributed by atoms with van der Waals surface area (Å²) in [6.07, 6.45) is 3.33. The minimum atomic E-state index is -0.558. The van der Waals surface area contributed by atoms with Crippen LogP contribution in [0.4, 0.5) is 5.69 Å². The van der Waals surface area contributed by atoms with E-state index in [1.54, 1.807) is 0 Å². The summed E-state index contributed by atoms with van der Waals surface area (Å²) in [5.41, 5.74) is 1.09. The molecule has 0 radical (unpaired) electrons. The molecule has 1 saturated heterocycles. The van der Waals surface area contributed by atoms with Crippen molar-refractivity contribution in [2.24, 2.45) is 0 Å². The fraction of sp³-hybridized carbons (Fsp3) is 0.600. The topological polar surface area (TPSA) is 39.7 Å². The molecule has 1 aromatic carbocycles. The van der Waals surface area contributed by atoms with Crippen LogP contribution < -0.4 is 14.8 Å². The molecule has 1 N–H and O–H groups in total. The Bertz CT molecular complexity index is 451. The number of rotatable bonds is 2. The van der Waals surface area contributed by atoms with E-state index in [1.807, 2.05) is 26.0 Å². The van der Waals surface area contributed by atoms with Gasteiger partial charge in [0.25, 0.3) is 0 Å².